The Morgan fingerprint density at radius 2 is 1.36 bits per heavy atom. The number of hydrogen-bond donors (Lipinski definition) is 3. The predicted molar refractivity (Wildman–Crippen MR) is 46.0 cm³/mol. The average molecular weight is 209 g/mol. The Kier molecular flexibility index (Phi) is 22.1. The number of carbonyl (C=O) groups is 3. The van der Waals surface area contributed by atoms with Crippen LogP contribution in [0.2, 0.25) is 0 Å². The van der Waals surface area contributed by atoms with Gasteiger partial charge in [-0.1, -0.05) is 6.58 Å². The largest absolute Gasteiger partial charge is 0.550 e. The van der Waals surface area contributed by atoms with Crippen LogP contribution in [0, 0.1) is 0 Å². The van der Waals surface area contributed by atoms with Crippen molar-refractivity contribution in [2.45, 2.75) is 6.42 Å². The standard InChI is InChI=1S/C3H5NO.C3H4O4.2H3N/c1-2-3(4)5;4-2(5)1-3(6)7;;/h2H,1H2,(H2,4,5);1H2,(H,4,5)(H,6,7);2*1H3. The molecule has 0 saturated heterocycles. The van der Waals surface area contributed by atoms with Crippen LogP contribution in [-0.4, -0.2) is 17.8 Å². The van der Waals surface area contributed by atoms with Gasteiger partial charge in [0.1, 0.15) is 0 Å². The second kappa shape index (κ2) is 13.6. The van der Waals surface area contributed by atoms with Gasteiger partial charge in [-0.05, 0) is 6.08 Å². The van der Waals surface area contributed by atoms with Crippen molar-refractivity contribution in [1.82, 2.24) is 12.3 Å². The lowest BCUT2D eigenvalue weighted by Crippen LogP contribution is -2.32. The molecule has 0 aromatic heterocycles. The van der Waals surface area contributed by atoms with Crippen LogP contribution in [-0.2, 0) is 14.4 Å². The molecule has 14 heavy (non-hydrogen) atoms. The Morgan fingerprint density at radius 3 is 1.36 bits per heavy atom. The van der Waals surface area contributed by atoms with Crippen molar-refractivity contribution in [3.8, 4) is 0 Å². The molecule has 8 heteroatoms. The number of carbonyl (C=O) groups excluding carboxylic acids is 3. The SMILES string of the molecule is C=CC(N)=O.O=C([O-])CC(=O)[O-].[NH4+].[NH4+]. The molecule has 0 saturated carbocycles. The Labute approximate surface area is 80.6 Å². The van der Waals surface area contributed by atoms with Gasteiger partial charge < -0.3 is 37.8 Å². The first kappa shape index (κ1) is 22.7. The maximum atomic E-state index is 9.47. The van der Waals surface area contributed by atoms with Gasteiger partial charge in [0.05, 0.1) is 0 Å². The number of nitrogens with two attached hydrogens (primary N) is 1. The summed E-state index contributed by atoms with van der Waals surface area (Å²) in [4.78, 5) is 28.0. The van der Waals surface area contributed by atoms with Crippen LogP contribution in [0.25, 0.3) is 0 Å². The average Bonchev–Trinajstić information content (AvgIpc) is 1.85. The molecule has 84 valence electrons. The van der Waals surface area contributed by atoms with E-state index in [4.69, 9.17) is 0 Å². The summed E-state index contributed by atoms with van der Waals surface area (Å²) in [5.74, 6) is -3.73. The lowest BCUT2D eigenvalue weighted by atomic mass is 10.5. The smallest absolute Gasteiger partial charge is 0.240 e. The van der Waals surface area contributed by atoms with Gasteiger partial charge in [-0.25, -0.2) is 0 Å². The lowest BCUT2D eigenvalue weighted by Gasteiger charge is -1.99. The van der Waals surface area contributed by atoms with E-state index in [0.29, 0.717) is 0 Å². The fourth-order valence-corrected chi connectivity index (χ4v) is 0.118. The number of primary amides is 1. The van der Waals surface area contributed by atoms with E-state index in [1.165, 1.54) is 0 Å². The van der Waals surface area contributed by atoms with Crippen LogP contribution >= 0.6 is 0 Å². The fraction of sp³-hybridized carbons (Fsp3) is 0.167. The van der Waals surface area contributed by atoms with E-state index in [1.54, 1.807) is 0 Å². The zero-order chi connectivity index (χ0) is 10.1. The highest BCUT2D eigenvalue weighted by atomic mass is 16.4. The summed E-state index contributed by atoms with van der Waals surface area (Å²) in [6.45, 7) is 3.09. The molecule has 0 atom stereocenters. The van der Waals surface area contributed by atoms with Crippen molar-refractivity contribution < 1.29 is 24.6 Å². The minimum atomic E-state index is -1.63. The minimum absolute atomic E-state index is 0. The van der Waals surface area contributed by atoms with E-state index in [2.05, 4.69) is 12.3 Å². The molecule has 0 heterocycles. The molecule has 0 bridgehead atoms. The first-order chi connectivity index (χ1) is 5.40. The van der Waals surface area contributed by atoms with E-state index in [1.807, 2.05) is 0 Å². The van der Waals surface area contributed by atoms with Crippen LogP contribution in [0.1, 0.15) is 6.42 Å². The van der Waals surface area contributed by atoms with Gasteiger partial charge in [-0.3, -0.25) is 4.79 Å². The summed E-state index contributed by atoms with van der Waals surface area (Å²) in [7, 11) is 0. The van der Waals surface area contributed by atoms with E-state index < -0.39 is 24.3 Å². The molecular weight excluding hydrogens is 194 g/mol. The summed E-state index contributed by atoms with van der Waals surface area (Å²) >= 11 is 0. The van der Waals surface area contributed by atoms with Crippen LogP contribution in [0.5, 0.6) is 0 Å². The van der Waals surface area contributed by atoms with Crippen molar-refractivity contribution in [2.75, 3.05) is 0 Å². The Balaban J connectivity index is -0.0000000651. The molecule has 0 radical (unpaired) electrons. The van der Waals surface area contributed by atoms with E-state index in [0.717, 1.165) is 6.08 Å². The molecule has 0 unspecified atom stereocenters. The Hall–Kier alpha value is -1.93. The molecule has 0 aromatic rings. The van der Waals surface area contributed by atoms with Crippen LogP contribution in [0.3, 0.4) is 0 Å². The molecule has 0 aromatic carbocycles. The van der Waals surface area contributed by atoms with Crippen molar-refractivity contribution in [3.63, 3.8) is 0 Å². The number of hydrogen-bond acceptors (Lipinski definition) is 5. The molecule has 0 aliphatic heterocycles. The van der Waals surface area contributed by atoms with Crippen molar-refractivity contribution in [2.24, 2.45) is 5.73 Å². The van der Waals surface area contributed by atoms with E-state index >= 15 is 0 Å². The van der Waals surface area contributed by atoms with Crippen LogP contribution < -0.4 is 28.2 Å². The number of rotatable bonds is 3. The van der Waals surface area contributed by atoms with Gasteiger partial charge in [-0.15, -0.1) is 0 Å². The van der Waals surface area contributed by atoms with Gasteiger partial charge >= 0.3 is 0 Å². The van der Waals surface area contributed by atoms with Gasteiger partial charge in [-0.2, -0.15) is 0 Å². The number of amides is 1. The number of carboxylic acids is 2. The maximum Gasteiger partial charge on any atom is 0.240 e. The Morgan fingerprint density at radius 1 is 1.14 bits per heavy atom. The summed E-state index contributed by atoms with van der Waals surface area (Å²) in [5.41, 5.74) is 4.53. The third kappa shape index (κ3) is 50.0. The second-order valence-corrected chi connectivity index (χ2v) is 1.53. The van der Waals surface area contributed by atoms with Gasteiger partial charge in [0.2, 0.25) is 5.91 Å². The molecule has 0 rings (SSSR count). The van der Waals surface area contributed by atoms with Crippen molar-refractivity contribution in [1.29, 1.82) is 0 Å². The monoisotopic (exact) mass is 209 g/mol. The second-order valence-electron chi connectivity index (χ2n) is 1.53. The molecule has 1 amide bonds. The molecule has 10 N–H and O–H groups in total. The topological polar surface area (TPSA) is 196 Å². The zero-order valence-corrected chi connectivity index (χ0v) is 8.11. The lowest BCUT2D eigenvalue weighted by molar-refractivity contribution is -0.322. The third-order valence-corrected chi connectivity index (χ3v) is 0.490. The highest BCUT2D eigenvalue weighted by Crippen LogP contribution is 1.66. The first-order valence-electron chi connectivity index (χ1n) is 2.71. The zero-order valence-electron chi connectivity index (χ0n) is 8.11. The van der Waals surface area contributed by atoms with Gasteiger partial charge in [0, 0.05) is 18.4 Å². The van der Waals surface area contributed by atoms with E-state index in [9.17, 15) is 24.6 Å². The van der Waals surface area contributed by atoms with Gasteiger partial charge in [0.25, 0.3) is 0 Å². The van der Waals surface area contributed by atoms with Crippen molar-refractivity contribution in [3.05, 3.63) is 12.7 Å². The minimum Gasteiger partial charge on any atom is -0.550 e. The quantitative estimate of drug-likeness (QED) is 0.334. The van der Waals surface area contributed by atoms with Crippen LogP contribution in [0.15, 0.2) is 12.7 Å². The van der Waals surface area contributed by atoms with Crippen molar-refractivity contribution >= 4 is 17.8 Å². The summed E-state index contributed by atoms with van der Waals surface area (Å²) in [6, 6.07) is 0. The molecule has 0 spiro atoms. The summed E-state index contributed by atoms with van der Waals surface area (Å²) in [5, 5.41) is 18.6. The fourth-order valence-electron chi connectivity index (χ4n) is 0.118. The number of quaternary nitrogens is 2. The normalized spacial score (nSPS) is 6.29. The molecule has 8 nitrogen and oxygen atoms in total. The number of carboxylic acid groups (broad SMARTS) is 2. The number of aliphatic carboxylic acids is 2. The highest BCUT2D eigenvalue weighted by Gasteiger charge is 1.81. The predicted octanol–water partition coefficient (Wildman–Crippen LogP) is -2.71. The Bertz CT molecular complexity index is 192. The molecule has 0 aliphatic carbocycles. The van der Waals surface area contributed by atoms with Gasteiger partial charge in [0.15, 0.2) is 0 Å². The third-order valence-electron chi connectivity index (χ3n) is 0.490. The first-order valence-corrected chi connectivity index (χ1v) is 2.71. The summed E-state index contributed by atoms with van der Waals surface area (Å²) < 4.78 is 0. The molecule has 0 fully saturated rings. The maximum absolute atomic E-state index is 9.47. The highest BCUT2D eigenvalue weighted by molar-refractivity contribution is 5.86. The molecule has 0 aliphatic rings. The molecular formula is C6H15N3O5. The van der Waals surface area contributed by atoms with E-state index in [-0.39, 0.29) is 12.3 Å². The van der Waals surface area contributed by atoms with Crippen LogP contribution in [0.4, 0.5) is 0 Å². The summed E-state index contributed by atoms with van der Waals surface area (Å²) in [6.07, 6.45) is 0.0278.